The van der Waals surface area contributed by atoms with Crippen molar-refractivity contribution < 1.29 is 84.0 Å². The van der Waals surface area contributed by atoms with Gasteiger partial charge in [0.05, 0.1) is 31.2 Å². The van der Waals surface area contributed by atoms with Crippen LogP contribution in [-0.2, 0) is 107 Å². The van der Waals surface area contributed by atoms with E-state index in [1.807, 2.05) is 0 Å². The summed E-state index contributed by atoms with van der Waals surface area (Å²) in [6, 6.07) is 0. The quantitative estimate of drug-likeness (QED) is 0.0764. The third kappa shape index (κ3) is 10.5. The lowest BCUT2D eigenvalue weighted by Crippen LogP contribution is -2.49. The normalized spacial score (nSPS) is 16.0. The van der Waals surface area contributed by atoms with Crippen LogP contribution in [0.3, 0.4) is 0 Å². The van der Waals surface area contributed by atoms with E-state index in [2.05, 4.69) is 20.3 Å². The number of aromatic nitrogens is 3. The molecular weight excluding hydrogens is 808 g/mol. The molecule has 1 atom stereocenters. The number of aliphatic carboxylic acids is 8. The minimum Gasteiger partial charge on any atom is -0.481 e. The van der Waals surface area contributed by atoms with Gasteiger partial charge in [0.1, 0.15) is 0 Å². The molecule has 6 bridgehead atoms. The predicted octanol–water partition coefficient (Wildman–Crippen LogP) is 1.39. The van der Waals surface area contributed by atoms with Crippen molar-refractivity contribution in [3.8, 4) is 0 Å². The first-order valence-electron chi connectivity index (χ1n) is 19.1. The van der Waals surface area contributed by atoms with Gasteiger partial charge in [-0.3, -0.25) is 43.2 Å². The fraction of sp³-hybridized carbons (Fsp3) is 0.425. The summed E-state index contributed by atoms with van der Waals surface area (Å²) in [6.07, 6.45) is -7.24. The van der Waals surface area contributed by atoms with Gasteiger partial charge < -0.3 is 61.1 Å². The summed E-state index contributed by atoms with van der Waals surface area (Å²) < 4.78 is 0. The van der Waals surface area contributed by atoms with Crippen LogP contribution in [0.2, 0.25) is 0 Å². The van der Waals surface area contributed by atoms with Gasteiger partial charge in [-0.2, -0.15) is 0 Å². The lowest BCUT2D eigenvalue weighted by atomic mass is 9.77. The van der Waals surface area contributed by atoms with Gasteiger partial charge in [0.2, 0.25) is 5.91 Å². The van der Waals surface area contributed by atoms with Gasteiger partial charge >= 0.3 is 47.8 Å². The standard InChI is InChI=1S/C40H44N4O17/c45-31(46)5-1-17-21(9-35(53)54)27-14-26-18(2-6-32(47)48)23(11-37(57)58)30(42-26)16-40(24(12-38(59)60)20(39(61)44-40)4-8-34(51)52)15-29-19(3-7-33(49)50)22(10-36(55)56)28(43-29)13-25(17)41-27/h41-43H,1-16H2,(H,44,61)(H,45,46)(H,47,48)(H,49,50)(H,51,52)(H,53,54)(H,55,56)(H,57,58)(H,59,60)/t40-/m1/s1. The monoisotopic (exact) mass is 852 g/mol. The zero-order chi connectivity index (χ0) is 44.9. The highest BCUT2D eigenvalue weighted by atomic mass is 16.4. The van der Waals surface area contributed by atoms with Crippen LogP contribution in [0, 0.1) is 0 Å². The second-order valence-corrected chi connectivity index (χ2v) is 15.2. The molecule has 1 spiro atoms. The number of carbonyl (C=O) groups is 9. The van der Waals surface area contributed by atoms with E-state index in [1.165, 1.54) is 0 Å². The Labute approximate surface area is 344 Å². The summed E-state index contributed by atoms with van der Waals surface area (Å²) in [5.74, 6) is -11.3. The van der Waals surface area contributed by atoms with Crippen LogP contribution in [0.4, 0.5) is 0 Å². The molecule has 0 unspecified atom stereocenters. The molecule has 0 saturated heterocycles. The van der Waals surface area contributed by atoms with Crippen molar-refractivity contribution in [1.82, 2.24) is 20.3 Å². The van der Waals surface area contributed by atoms with Crippen molar-refractivity contribution in [3.05, 3.63) is 78.7 Å². The molecule has 0 aliphatic carbocycles. The zero-order valence-corrected chi connectivity index (χ0v) is 32.6. The average molecular weight is 853 g/mol. The Morgan fingerprint density at radius 2 is 0.721 bits per heavy atom. The molecule has 0 fully saturated rings. The molecular formula is C40H44N4O17. The second kappa shape index (κ2) is 18.4. The average Bonchev–Trinajstić information content (AvgIpc) is 3.79. The molecule has 326 valence electrons. The number of hydrogen-bond donors (Lipinski definition) is 12. The van der Waals surface area contributed by atoms with Crippen LogP contribution in [0.25, 0.3) is 0 Å². The summed E-state index contributed by atoms with van der Waals surface area (Å²) in [5.41, 5.74) is 0.141. The third-order valence-electron chi connectivity index (χ3n) is 11.1. The van der Waals surface area contributed by atoms with Gasteiger partial charge in [-0.05, 0) is 64.6 Å². The fourth-order valence-corrected chi connectivity index (χ4v) is 8.73. The number of amides is 1. The second-order valence-electron chi connectivity index (χ2n) is 15.2. The topological polar surface area (TPSA) is 375 Å². The van der Waals surface area contributed by atoms with Crippen molar-refractivity contribution in [2.75, 3.05) is 0 Å². The van der Waals surface area contributed by atoms with Gasteiger partial charge in [-0.25, -0.2) is 0 Å². The molecule has 3 aromatic rings. The molecule has 21 heteroatoms. The van der Waals surface area contributed by atoms with Crippen molar-refractivity contribution in [2.45, 2.75) is 108 Å². The van der Waals surface area contributed by atoms with Crippen LogP contribution >= 0.6 is 0 Å². The molecule has 3 aromatic heterocycles. The number of rotatable bonds is 20. The predicted molar refractivity (Wildman–Crippen MR) is 204 cm³/mol. The summed E-state index contributed by atoms with van der Waals surface area (Å²) in [5, 5.41) is 82.1. The van der Waals surface area contributed by atoms with Crippen LogP contribution in [-0.4, -0.2) is 115 Å². The molecule has 0 saturated carbocycles. The van der Waals surface area contributed by atoms with Crippen LogP contribution in [0.5, 0.6) is 0 Å². The van der Waals surface area contributed by atoms with Crippen LogP contribution in [0.15, 0.2) is 11.1 Å². The Morgan fingerprint density at radius 3 is 1.10 bits per heavy atom. The van der Waals surface area contributed by atoms with E-state index in [1.54, 1.807) is 0 Å². The van der Waals surface area contributed by atoms with Gasteiger partial charge in [0, 0.05) is 91.1 Å². The van der Waals surface area contributed by atoms with Gasteiger partial charge in [-0.1, -0.05) is 0 Å². The van der Waals surface area contributed by atoms with Crippen LogP contribution < -0.4 is 5.32 Å². The van der Waals surface area contributed by atoms with Crippen molar-refractivity contribution in [2.24, 2.45) is 0 Å². The minimum atomic E-state index is -1.83. The molecule has 5 heterocycles. The van der Waals surface area contributed by atoms with E-state index >= 15 is 0 Å². The van der Waals surface area contributed by atoms with Gasteiger partial charge in [0.25, 0.3) is 0 Å². The number of carboxylic acids is 8. The first-order chi connectivity index (χ1) is 28.7. The van der Waals surface area contributed by atoms with E-state index in [-0.39, 0.29) is 111 Å². The van der Waals surface area contributed by atoms with E-state index < -0.39 is 130 Å². The van der Waals surface area contributed by atoms with Crippen molar-refractivity contribution >= 4 is 53.7 Å². The van der Waals surface area contributed by atoms with E-state index in [0.717, 1.165) is 0 Å². The van der Waals surface area contributed by atoms with Gasteiger partial charge in [-0.15, -0.1) is 0 Å². The lowest BCUT2D eigenvalue weighted by Gasteiger charge is -2.33. The Kier molecular flexibility index (Phi) is 13.5. The summed E-state index contributed by atoms with van der Waals surface area (Å²) in [4.78, 5) is 121. The Hall–Kier alpha value is -7.19. The minimum absolute atomic E-state index is 0.0726. The summed E-state index contributed by atoms with van der Waals surface area (Å²) in [7, 11) is 0. The lowest BCUT2D eigenvalue weighted by molar-refractivity contribution is -0.138. The largest absolute Gasteiger partial charge is 0.481 e. The summed E-state index contributed by atoms with van der Waals surface area (Å²) in [6.45, 7) is 0. The molecule has 0 aromatic carbocycles. The molecule has 1 amide bonds. The Balaban J connectivity index is 1.94. The van der Waals surface area contributed by atoms with E-state index in [0.29, 0.717) is 0 Å². The number of carbonyl (C=O) groups excluding carboxylic acids is 1. The van der Waals surface area contributed by atoms with Gasteiger partial charge in [0.15, 0.2) is 0 Å². The number of nitrogens with one attached hydrogen (secondary N) is 4. The van der Waals surface area contributed by atoms with E-state index in [9.17, 15) is 84.0 Å². The highest BCUT2D eigenvalue weighted by Gasteiger charge is 2.47. The molecule has 0 radical (unpaired) electrons. The molecule has 5 rings (SSSR count). The number of H-pyrrole nitrogens is 3. The third-order valence-corrected chi connectivity index (χ3v) is 11.1. The Bertz CT molecular complexity index is 2380. The molecule has 21 nitrogen and oxygen atoms in total. The molecule has 12 N–H and O–H groups in total. The number of hydrogen-bond acceptors (Lipinski definition) is 9. The maximum atomic E-state index is 13.9. The van der Waals surface area contributed by atoms with Crippen molar-refractivity contribution in [3.63, 3.8) is 0 Å². The number of carboxylic acid groups (broad SMARTS) is 8. The number of fused-ring (bicyclic) bond motifs is 6. The number of aromatic amines is 3. The van der Waals surface area contributed by atoms with Crippen molar-refractivity contribution in [1.29, 1.82) is 0 Å². The highest BCUT2D eigenvalue weighted by molar-refractivity contribution is 6.00. The molecule has 2 aliphatic heterocycles. The first-order valence-corrected chi connectivity index (χ1v) is 19.1. The zero-order valence-electron chi connectivity index (χ0n) is 32.6. The molecule has 61 heavy (non-hydrogen) atoms. The van der Waals surface area contributed by atoms with Crippen LogP contribution in [0.1, 0.15) is 106 Å². The first kappa shape index (κ1) is 44.9. The molecule has 2 aliphatic rings. The highest BCUT2D eigenvalue weighted by Crippen LogP contribution is 2.41. The Morgan fingerprint density at radius 1 is 0.410 bits per heavy atom. The summed E-state index contributed by atoms with van der Waals surface area (Å²) >= 11 is 0. The maximum Gasteiger partial charge on any atom is 0.307 e. The smallest absolute Gasteiger partial charge is 0.307 e. The van der Waals surface area contributed by atoms with E-state index in [4.69, 9.17) is 0 Å². The fourth-order valence-electron chi connectivity index (χ4n) is 8.73. The maximum absolute atomic E-state index is 13.9. The SMILES string of the molecule is O=C(O)CCC1=C(CC(=O)O)[C@]2(Cc3[nH]c(c(CC(=O)O)c3CCC(=O)O)Cc3[nH]c(c(CC(=O)O)c3CCC(=O)O)Cc3[nH]c(c(CC(=O)O)c3CCC(=O)O)C2)NC1=O.